The molecule has 5 rings (SSSR count). The molecule has 7 nitrogen and oxygen atoms in total. The van der Waals surface area contributed by atoms with Crippen molar-refractivity contribution >= 4 is 39.0 Å². The summed E-state index contributed by atoms with van der Waals surface area (Å²) in [5.74, 6) is 0.104. The molecule has 0 bridgehead atoms. The van der Waals surface area contributed by atoms with Gasteiger partial charge in [0.15, 0.2) is 5.82 Å². The molecule has 0 saturated carbocycles. The number of carboxylic acid groups (broad SMARTS) is 1. The van der Waals surface area contributed by atoms with Crippen LogP contribution in [0.3, 0.4) is 0 Å². The summed E-state index contributed by atoms with van der Waals surface area (Å²) in [6, 6.07) is 28.7. The molecule has 0 unspecified atom stereocenters. The van der Waals surface area contributed by atoms with Crippen molar-refractivity contribution in [3.05, 3.63) is 129 Å². The third kappa shape index (κ3) is 5.34. The van der Waals surface area contributed by atoms with Crippen molar-refractivity contribution in [3.63, 3.8) is 0 Å². The lowest BCUT2D eigenvalue weighted by Crippen LogP contribution is -2.20. The molecule has 0 amide bonds. The van der Waals surface area contributed by atoms with Crippen LogP contribution in [0.1, 0.15) is 21.5 Å². The zero-order chi connectivity index (χ0) is 25.8. The van der Waals surface area contributed by atoms with Gasteiger partial charge in [-0.25, -0.2) is 9.78 Å². The summed E-state index contributed by atoms with van der Waals surface area (Å²) in [6.07, 6.45) is 1.60. The van der Waals surface area contributed by atoms with E-state index < -0.39 is 5.97 Å². The number of carbonyl (C=O) groups is 1. The van der Waals surface area contributed by atoms with Crippen molar-refractivity contribution in [2.45, 2.75) is 6.61 Å². The maximum Gasteiger partial charge on any atom is 0.335 e. The maximum atomic E-state index is 13.3. The third-order valence-corrected chi connectivity index (χ3v) is 6.28. The Kier molecular flexibility index (Phi) is 6.91. The molecule has 4 aromatic carbocycles. The van der Waals surface area contributed by atoms with Crippen LogP contribution in [0.15, 0.2) is 111 Å². The van der Waals surface area contributed by atoms with Gasteiger partial charge < -0.3 is 9.84 Å². The Morgan fingerprint density at radius 1 is 0.973 bits per heavy atom. The van der Waals surface area contributed by atoms with Gasteiger partial charge in [-0.3, -0.25) is 4.79 Å². The number of aromatic carboxylic acids is 1. The lowest BCUT2D eigenvalue weighted by atomic mass is 10.1. The van der Waals surface area contributed by atoms with Gasteiger partial charge in [0.1, 0.15) is 12.4 Å². The fourth-order valence-electron chi connectivity index (χ4n) is 3.75. The molecule has 0 aliphatic heterocycles. The summed E-state index contributed by atoms with van der Waals surface area (Å²) in [6.45, 7) is 0.282. The van der Waals surface area contributed by atoms with Gasteiger partial charge in [-0.1, -0.05) is 54.6 Å². The summed E-state index contributed by atoms with van der Waals surface area (Å²) in [4.78, 5) is 29.0. The molecule has 1 N–H and O–H groups in total. The molecule has 1 heterocycles. The number of benzene rings is 4. The van der Waals surface area contributed by atoms with Gasteiger partial charge in [0.25, 0.3) is 5.56 Å². The Morgan fingerprint density at radius 2 is 1.70 bits per heavy atom. The Balaban J connectivity index is 1.41. The largest absolute Gasteiger partial charge is 0.488 e. The van der Waals surface area contributed by atoms with Crippen LogP contribution >= 0.6 is 15.9 Å². The number of carboxylic acids is 1. The van der Waals surface area contributed by atoms with Crippen LogP contribution in [0.4, 0.5) is 0 Å². The molecule has 0 aliphatic rings. The summed E-state index contributed by atoms with van der Waals surface area (Å²) < 4.78 is 7.91. The van der Waals surface area contributed by atoms with Crippen LogP contribution < -0.4 is 10.3 Å². The minimum atomic E-state index is -0.968. The first-order chi connectivity index (χ1) is 18.0. The molecule has 0 atom stereocenters. The first-order valence-electron chi connectivity index (χ1n) is 11.4. The van der Waals surface area contributed by atoms with Crippen LogP contribution in [0.2, 0.25) is 0 Å². The Bertz CT molecular complexity index is 1680. The quantitative estimate of drug-likeness (QED) is 0.250. The van der Waals surface area contributed by atoms with Gasteiger partial charge in [-0.15, -0.1) is 0 Å². The number of fused-ring (bicyclic) bond motifs is 1. The monoisotopic (exact) mass is 553 g/mol. The number of halogens is 1. The highest BCUT2D eigenvalue weighted by Crippen LogP contribution is 2.27. The predicted molar refractivity (Wildman–Crippen MR) is 146 cm³/mol. The van der Waals surface area contributed by atoms with Crippen molar-refractivity contribution in [2.75, 3.05) is 0 Å². The van der Waals surface area contributed by atoms with Crippen molar-refractivity contribution < 1.29 is 14.6 Å². The first-order valence-corrected chi connectivity index (χ1v) is 12.1. The number of nitrogens with zero attached hydrogens (tertiary/aromatic N) is 3. The minimum Gasteiger partial charge on any atom is -0.488 e. The molecule has 0 aliphatic carbocycles. The van der Waals surface area contributed by atoms with Crippen molar-refractivity contribution in [1.82, 2.24) is 9.66 Å². The highest BCUT2D eigenvalue weighted by molar-refractivity contribution is 9.10. The number of hydrogen-bond acceptors (Lipinski definition) is 5. The lowest BCUT2D eigenvalue weighted by molar-refractivity contribution is 0.0697. The Labute approximate surface area is 220 Å². The van der Waals surface area contributed by atoms with E-state index >= 15 is 0 Å². The normalized spacial score (nSPS) is 11.2. The van der Waals surface area contributed by atoms with Gasteiger partial charge in [-0.2, -0.15) is 9.78 Å². The molecule has 8 heteroatoms. The molecule has 0 saturated heterocycles. The molecule has 1 aromatic heterocycles. The highest BCUT2D eigenvalue weighted by atomic mass is 79.9. The van der Waals surface area contributed by atoms with E-state index in [9.17, 15) is 9.59 Å². The van der Waals surface area contributed by atoms with Crippen LogP contribution in [-0.4, -0.2) is 27.0 Å². The van der Waals surface area contributed by atoms with Crippen LogP contribution in [0.5, 0.6) is 5.75 Å². The number of rotatable bonds is 7. The molecule has 0 spiro atoms. The summed E-state index contributed by atoms with van der Waals surface area (Å²) in [5, 5.41) is 14.0. The topological polar surface area (TPSA) is 93.8 Å². The fourth-order valence-corrected chi connectivity index (χ4v) is 4.26. The second kappa shape index (κ2) is 10.6. The molecule has 0 radical (unpaired) electrons. The average molecular weight is 554 g/mol. The minimum absolute atomic E-state index is 0.227. The van der Waals surface area contributed by atoms with E-state index in [0.717, 1.165) is 16.7 Å². The van der Waals surface area contributed by atoms with Gasteiger partial charge in [0.2, 0.25) is 0 Å². The number of aromatic nitrogens is 2. The first kappa shape index (κ1) is 24.1. The molecular formula is C29H20BrN3O4. The molecular weight excluding hydrogens is 534 g/mol. The van der Waals surface area contributed by atoms with E-state index in [2.05, 4.69) is 21.0 Å². The maximum absolute atomic E-state index is 13.3. The average Bonchev–Trinajstić information content (AvgIpc) is 2.92. The zero-order valence-electron chi connectivity index (χ0n) is 19.4. The smallest absolute Gasteiger partial charge is 0.335 e. The summed E-state index contributed by atoms with van der Waals surface area (Å²) in [7, 11) is 0. The number of ether oxygens (including phenoxy) is 1. The van der Waals surface area contributed by atoms with Crippen LogP contribution in [0, 0.1) is 0 Å². The number of hydrogen-bond donors (Lipinski definition) is 1. The van der Waals surface area contributed by atoms with Gasteiger partial charge in [-0.05, 0) is 69.5 Å². The van der Waals surface area contributed by atoms with E-state index in [4.69, 9.17) is 14.8 Å². The molecule has 0 fully saturated rings. The van der Waals surface area contributed by atoms with Crippen molar-refractivity contribution in [1.29, 1.82) is 0 Å². The van der Waals surface area contributed by atoms with Crippen LogP contribution in [0.25, 0.3) is 22.3 Å². The van der Waals surface area contributed by atoms with Gasteiger partial charge in [0, 0.05) is 5.56 Å². The standard InChI is InChI=1S/C29H20BrN3O4/c30-24-16-20(12-15-26(24)37-18-19-10-13-22(14-11-19)29(35)36)17-31-33-27(21-6-2-1-3-7-21)32-25-9-5-4-8-23(25)28(33)34/h1-17H,18H2,(H,35,36). The second-order valence-corrected chi connectivity index (χ2v) is 9.02. The van der Waals surface area contributed by atoms with Crippen molar-refractivity contribution in [3.8, 4) is 17.1 Å². The van der Waals surface area contributed by atoms with Gasteiger partial charge in [0.05, 0.1) is 27.2 Å². The molecule has 37 heavy (non-hydrogen) atoms. The van der Waals surface area contributed by atoms with E-state index in [0.29, 0.717) is 26.9 Å². The van der Waals surface area contributed by atoms with E-state index in [1.165, 1.54) is 4.68 Å². The van der Waals surface area contributed by atoms with Crippen molar-refractivity contribution in [2.24, 2.45) is 5.10 Å². The lowest BCUT2D eigenvalue weighted by Gasteiger charge is -2.10. The summed E-state index contributed by atoms with van der Waals surface area (Å²) >= 11 is 3.53. The predicted octanol–water partition coefficient (Wildman–Crippen LogP) is 5.99. The third-order valence-electron chi connectivity index (χ3n) is 5.66. The Hall–Kier alpha value is -4.56. The van der Waals surface area contributed by atoms with Crippen LogP contribution in [-0.2, 0) is 6.61 Å². The summed E-state index contributed by atoms with van der Waals surface area (Å²) in [5.41, 5.74) is 2.96. The zero-order valence-corrected chi connectivity index (χ0v) is 21.0. The fraction of sp³-hybridized carbons (Fsp3) is 0.0345. The molecule has 182 valence electrons. The van der Waals surface area contributed by atoms with Gasteiger partial charge >= 0.3 is 5.97 Å². The SMILES string of the molecule is O=C(O)c1ccc(COc2ccc(C=Nn3c(-c4ccccc4)nc4ccccc4c3=O)cc2Br)cc1. The highest BCUT2D eigenvalue weighted by Gasteiger charge is 2.12. The Morgan fingerprint density at radius 3 is 2.43 bits per heavy atom. The van der Waals surface area contributed by atoms with E-state index in [1.807, 2.05) is 54.6 Å². The molecule has 5 aromatic rings. The second-order valence-electron chi connectivity index (χ2n) is 8.16. The van der Waals surface area contributed by atoms with E-state index in [-0.39, 0.29) is 17.7 Å². The van der Waals surface area contributed by atoms with E-state index in [1.54, 1.807) is 48.7 Å². The number of para-hydroxylation sites is 1.